The van der Waals surface area contributed by atoms with Gasteiger partial charge in [-0.15, -0.1) is 0 Å². The van der Waals surface area contributed by atoms with Gasteiger partial charge >= 0.3 is 0 Å². The Morgan fingerprint density at radius 1 is 1.47 bits per heavy atom. The largest absolute Gasteiger partial charge is 0.316 e. The van der Waals surface area contributed by atoms with Crippen molar-refractivity contribution in [2.24, 2.45) is 4.99 Å². The van der Waals surface area contributed by atoms with Gasteiger partial charge in [0.2, 0.25) is 0 Å². The van der Waals surface area contributed by atoms with Gasteiger partial charge in [0.05, 0.1) is 5.69 Å². The average Bonchev–Trinajstić information content (AvgIpc) is 2.48. The molecule has 2 rings (SSSR count). The highest BCUT2D eigenvalue weighted by molar-refractivity contribution is 8.13. The lowest BCUT2D eigenvalue weighted by molar-refractivity contribution is 0.461. The standard InChI is InChI=1S/C14H18N4S/c1-19-14(17-10-15)18-13-6-4-11(5-7-13)12-3-2-8-16-9-12/h4-7,12,16H,2-3,8-9H2,1H3,(H,17,18). The average molecular weight is 274 g/mol. The first-order valence-electron chi connectivity index (χ1n) is 6.42. The van der Waals surface area contributed by atoms with Gasteiger partial charge in [-0.2, -0.15) is 5.26 Å². The number of hydrogen-bond donors (Lipinski definition) is 2. The van der Waals surface area contributed by atoms with E-state index in [1.54, 1.807) is 0 Å². The van der Waals surface area contributed by atoms with Crippen molar-refractivity contribution in [1.29, 1.82) is 5.26 Å². The van der Waals surface area contributed by atoms with Crippen LogP contribution in [0.1, 0.15) is 24.3 Å². The lowest BCUT2D eigenvalue weighted by Gasteiger charge is -2.23. The lowest BCUT2D eigenvalue weighted by Crippen LogP contribution is -2.28. The quantitative estimate of drug-likeness (QED) is 0.376. The first-order chi connectivity index (χ1) is 9.33. The van der Waals surface area contributed by atoms with Gasteiger partial charge in [-0.1, -0.05) is 23.9 Å². The van der Waals surface area contributed by atoms with Crippen LogP contribution in [0.25, 0.3) is 0 Å². The fraction of sp³-hybridized carbons (Fsp3) is 0.429. The Labute approximate surface area is 118 Å². The third-order valence-electron chi connectivity index (χ3n) is 3.25. The minimum absolute atomic E-state index is 0.615. The summed E-state index contributed by atoms with van der Waals surface area (Å²) in [5.74, 6) is 0.615. The fourth-order valence-electron chi connectivity index (χ4n) is 2.25. The predicted molar refractivity (Wildman–Crippen MR) is 80.6 cm³/mol. The van der Waals surface area contributed by atoms with Gasteiger partial charge in [0.25, 0.3) is 0 Å². The SMILES string of the molecule is CSC(=Nc1ccc(C2CCCNC2)cc1)NC#N. The summed E-state index contributed by atoms with van der Waals surface area (Å²) in [6.07, 6.45) is 6.28. The van der Waals surface area contributed by atoms with E-state index < -0.39 is 0 Å². The molecule has 5 heteroatoms. The van der Waals surface area contributed by atoms with E-state index in [1.165, 1.54) is 30.2 Å². The van der Waals surface area contributed by atoms with Crippen molar-refractivity contribution in [1.82, 2.24) is 10.6 Å². The van der Waals surface area contributed by atoms with Crippen molar-refractivity contribution in [3.63, 3.8) is 0 Å². The molecular formula is C14H18N4S. The lowest BCUT2D eigenvalue weighted by atomic mass is 9.92. The number of nitriles is 1. The fourth-order valence-corrected chi connectivity index (χ4v) is 2.59. The summed E-state index contributed by atoms with van der Waals surface area (Å²) in [7, 11) is 0. The van der Waals surface area contributed by atoms with Gasteiger partial charge in [-0.3, -0.25) is 5.32 Å². The van der Waals surface area contributed by atoms with Crippen molar-refractivity contribution in [2.75, 3.05) is 19.3 Å². The molecule has 1 fully saturated rings. The van der Waals surface area contributed by atoms with E-state index in [2.05, 4.69) is 27.8 Å². The summed E-state index contributed by atoms with van der Waals surface area (Å²) in [6.45, 7) is 2.20. The number of thioether (sulfide) groups is 1. The molecule has 0 aromatic heterocycles. The van der Waals surface area contributed by atoms with Crippen LogP contribution in [0.2, 0.25) is 0 Å². The molecule has 100 valence electrons. The maximum atomic E-state index is 8.60. The molecule has 0 bridgehead atoms. The van der Waals surface area contributed by atoms with Crippen LogP contribution >= 0.6 is 11.8 Å². The molecule has 1 aliphatic rings. The van der Waals surface area contributed by atoms with Crippen LogP contribution in [0, 0.1) is 11.5 Å². The second-order valence-electron chi connectivity index (χ2n) is 4.49. The molecule has 1 saturated heterocycles. The molecule has 1 unspecified atom stereocenters. The summed E-state index contributed by atoms with van der Waals surface area (Å²) in [4.78, 5) is 4.38. The molecule has 1 heterocycles. The summed E-state index contributed by atoms with van der Waals surface area (Å²) in [6, 6.07) is 8.31. The normalized spacial score (nSPS) is 19.8. The molecular weight excluding hydrogens is 256 g/mol. The van der Waals surface area contributed by atoms with Gasteiger partial charge in [0.15, 0.2) is 11.4 Å². The number of piperidine rings is 1. The van der Waals surface area contributed by atoms with Gasteiger partial charge in [0.1, 0.15) is 0 Å². The monoisotopic (exact) mass is 274 g/mol. The van der Waals surface area contributed by atoms with Crippen molar-refractivity contribution in [3.8, 4) is 6.19 Å². The van der Waals surface area contributed by atoms with Gasteiger partial charge < -0.3 is 5.32 Å². The van der Waals surface area contributed by atoms with Crippen molar-refractivity contribution >= 4 is 22.6 Å². The van der Waals surface area contributed by atoms with E-state index in [0.717, 1.165) is 18.8 Å². The zero-order chi connectivity index (χ0) is 13.5. The first-order valence-corrected chi connectivity index (χ1v) is 7.64. The van der Waals surface area contributed by atoms with Crippen molar-refractivity contribution in [3.05, 3.63) is 29.8 Å². The van der Waals surface area contributed by atoms with Gasteiger partial charge in [-0.25, -0.2) is 4.99 Å². The summed E-state index contributed by atoms with van der Waals surface area (Å²) < 4.78 is 0. The first kappa shape index (κ1) is 13.9. The van der Waals surface area contributed by atoms with E-state index in [0.29, 0.717) is 11.1 Å². The second kappa shape index (κ2) is 7.17. The maximum Gasteiger partial charge on any atom is 0.183 e. The Kier molecular flexibility index (Phi) is 5.25. The third-order valence-corrected chi connectivity index (χ3v) is 3.83. The molecule has 4 nitrogen and oxygen atoms in total. The molecule has 2 N–H and O–H groups in total. The number of aliphatic imine (C=N–C) groups is 1. The maximum absolute atomic E-state index is 8.60. The molecule has 19 heavy (non-hydrogen) atoms. The van der Waals surface area contributed by atoms with E-state index in [4.69, 9.17) is 5.26 Å². The Morgan fingerprint density at radius 3 is 2.84 bits per heavy atom. The zero-order valence-corrected chi connectivity index (χ0v) is 11.8. The van der Waals surface area contributed by atoms with Crippen LogP contribution in [-0.2, 0) is 0 Å². The highest BCUT2D eigenvalue weighted by Gasteiger charge is 2.14. The van der Waals surface area contributed by atoms with E-state index in [-0.39, 0.29) is 0 Å². The van der Waals surface area contributed by atoms with Crippen LogP contribution in [0.3, 0.4) is 0 Å². The minimum atomic E-state index is 0.615. The van der Waals surface area contributed by atoms with E-state index in [1.807, 2.05) is 24.6 Å². The minimum Gasteiger partial charge on any atom is -0.316 e. The molecule has 0 radical (unpaired) electrons. The van der Waals surface area contributed by atoms with Crippen LogP contribution in [-0.4, -0.2) is 24.5 Å². The molecule has 1 aromatic rings. The van der Waals surface area contributed by atoms with Crippen LogP contribution in [0.15, 0.2) is 29.3 Å². The summed E-state index contributed by atoms with van der Waals surface area (Å²) in [5, 5.41) is 15.2. The third kappa shape index (κ3) is 3.98. The number of nitrogens with zero attached hydrogens (tertiary/aromatic N) is 2. The number of benzene rings is 1. The number of nitrogens with one attached hydrogen (secondary N) is 2. The molecule has 0 spiro atoms. The smallest absolute Gasteiger partial charge is 0.183 e. The molecule has 1 atom stereocenters. The van der Waals surface area contributed by atoms with Crippen LogP contribution in [0.5, 0.6) is 0 Å². The molecule has 1 aromatic carbocycles. The van der Waals surface area contributed by atoms with Crippen molar-refractivity contribution < 1.29 is 0 Å². The Balaban J connectivity index is 2.07. The number of hydrogen-bond acceptors (Lipinski definition) is 4. The van der Waals surface area contributed by atoms with Gasteiger partial charge in [-0.05, 0) is 49.3 Å². The van der Waals surface area contributed by atoms with Gasteiger partial charge in [0, 0.05) is 6.54 Å². The topological polar surface area (TPSA) is 60.2 Å². The van der Waals surface area contributed by atoms with Crippen LogP contribution < -0.4 is 10.6 Å². The van der Waals surface area contributed by atoms with Crippen LogP contribution in [0.4, 0.5) is 5.69 Å². The zero-order valence-electron chi connectivity index (χ0n) is 11.0. The Hall–Kier alpha value is -1.51. The Bertz CT molecular complexity index is 469. The van der Waals surface area contributed by atoms with E-state index in [9.17, 15) is 0 Å². The molecule has 0 saturated carbocycles. The predicted octanol–water partition coefficient (Wildman–Crippen LogP) is 2.57. The van der Waals surface area contributed by atoms with E-state index >= 15 is 0 Å². The molecule has 0 amide bonds. The summed E-state index contributed by atoms with van der Waals surface area (Å²) in [5.41, 5.74) is 2.24. The summed E-state index contributed by atoms with van der Waals surface area (Å²) >= 11 is 1.43. The van der Waals surface area contributed by atoms with Crippen molar-refractivity contribution in [2.45, 2.75) is 18.8 Å². The second-order valence-corrected chi connectivity index (χ2v) is 5.29. The highest BCUT2D eigenvalue weighted by Crippen LogP contribution is 2.25. The molecule has 1 aliphatic heterocycles. The number of amidine groups is 1. The Morgan fingerprint density at radius 2 is 2.26 bits per heavy atom. The molecule has 0 aliphatic carbocycles. The number of rotatable bonds is 2. The highest BCUT2D eigenvalue weighted by atomic mass is 32.2.